The van der Waals surface area contributed by atoms with Crippen LogP contribution in [-0.2, 0) is 16.4 Å². The second-order valence-corrected chi connectivity index (χ2v) is 11.0. The Hall–Kier alpha value is -3.44. The Morgan fingerprint density at radius 1 is 0.921 bits per heavy atom. The van der Waals surface area contributed by atoms with Crippen LogP contribution in [0.25, 0.3) is 11.0 Å². The van der Waals surface area contributed by atoms with Crippen molar-refractivity contribution in [3.05, 3.63) is 77.3 Å². The maximum absolute atomic E-state index is 13.4. The molecule has 0 aliphatic heterocycles. The Balaban J connectivity index is 1.60. The van der Waals surface area contributed by atoms with Gasteiger partial charge in [-0.25, -0.2) is 18.4 Å². The number of ether oxygens (including phenoxy) is 1. The number of sulfonamides is 1. The third-order valence-corrected chi connectivity index (χ3v) is 7.43. The summed E-state index contributed by atoms with van der Waals surface area (Å²) in [5.41, 5.74) is 2.56. The summed E-state index contributed by atoms with van der Waals surface area (Å²) in [4.78, 5) is 11.4. The minimum atomic E-state index is -3.97. The summed E-state index contributed by atoms with van der Waals surface area (Å²) in [6.45, 7) is 2.54. The lowest BCUT2D eigenvalue weighted by atomic mass is 10.1. The molecule has 4 aromatic rings. The first-order valence-electron chi connectivity index (χ1n) is 12.1. The molecule has 1 aromatic heterocycles. The fraction of sp³-hybridized carbons (Fsp3) is 0.259. The number of benzene rings is 3. The number of aromatic nitrogens is 2. The number of rotatable bonds is 12. The summed E-state index contributed by atoms with van der Waals surface area (Å²) in [6.07, 6.45) is 0.702. The zero-order chi connectivity index (χ0) is 27.1. The van der Waals surface area contributed by atoms with Crippen LogP contribution >= 0.6 is 11.6 Å². The molecule has 0 saturated carbocycles. The number of nitrogens with zero attached hydrogens (tertiary/aromatic N) is 3. The molecular formula is C27H31ClN6O3S. The Morgan fingerprint density at radius 2 is 1.66 bits per heavy atom. The van der Waals surface area contributed by atoms with Crippen LogP contribution in [-0.4, -0.2) is 64.1 Å². The first kappa shape index (κ1) is 27.6. The van der Waals surface area contributed by atoms with Gasteiger partial charge in [0.25, 0.3) is 10.0 Å². The number of fused-ring (bicyclic) bond motifs is 1. The van der Waals surface area contributed by atoms with Crippen molar-refractivity contribution in [2.45, 2.75) is 11.3 Å². The van der Waals surface area contributed by atoms with Crippen molar-refractivity contribution in [2.75, 3.05) is 50.9 Å². The minimum Gasteiger partial charge on any atom is -0.497 e. The van der Waals surface area contributed by atoms with E-state index in [1.54, 1.807) is 55.6 Å². The van der Waals surface area contributed by atoms with E-state index in [1.807, 2.05) is 32.3 Å². The lowest BCUT2D eigenvalue weighted by Gasteiger charge is -2.15. The van der Waals surface area contributed by atoms with E-state index in [4.69, 9.17) is 16.3 Å². The third kappa shape index (κ3) is 7.11. The molecule has 1 heterocycles. The number of likely N-dealkylation sites (N-methyl/N-ethyl adjacent to an activating group) is 1. The summed E-state index contributed by atoms with van der Waals surface area (Å²) < 4.78 is 34.8. The van der Waals surface area contributed by atoms with Gasteiger partial charge in [0, 0.05) is 19.2 Å². The molecule has 11 heteroatoms. The highest BCUT2D eigenvalue weighted by atomic mass is 35.5. The lowest BCUT2D eigenvalue weighted by Crippen LogP contribution is -2.28. The Kier molecular flexibility index (Phi) is 9.01. The average Bonchev–Trinajstić information content (AvgIpc) is 2.90. The van der Waals surface area contributed by atoms with E-state index in [-0.39, 0.29) is 16.5 Å². The summed E-state index contributed by atoms with van der Waals surface area (Å²) in [7, 11) is 1.63. The van der Waals surface area contributed by atoms with Crippen LogP contribution in [0.15, 0.2) is 71.6 Å². The number of anilines is 3. The molecule has 3 aromatic carbocycles. The molecule has 200 valence electrons. The number of halogens is 1. The Bertz CT molecular complexity index is 1510. The van der Waals surface area contributed by atoms with E-state index >= 15 is 0 Å². The topological polar surface area (TPSA) is 108 Å². The van der Waals surface area contributed by atoms with Crippen LogP contribution in [0, 0.1) is 0 Å². The zero-order valence-corrected chi connectivity index (χ0v) is 23.1. The highest BCUT2D eigenvalue weighted by Gasteiger charge is 2.20. The van der Waals surface area contributed by atoms with Crippen molar-refractivity contribution in [1.82, 2.24) is 20.2 Å². The third-order valence-electron chi connectivity index (χ3n) is 5.76. The molecule has 9 nitrogen and oxygen atoms in total. The molecule has 0 saturated heterocycles. The van der Waals surface area contributed by atoms with Gasteiger partial charge in [0.2, 0.25) is 0 Å². The Labute approximate surface area is 228 Å². The molecule has 0 aliphatic carbocycles. The van der Waals surface area contributed by atoms with Gasteiger partial charge in [-0.05, 0) is 69.0 Å². The number of nitrogens with one attached hydrogen (secondary N) is 3. The average molecular weight is 555 g/mol. The normalized spacial score (nSPS) is 11.6. The Morgan fingerprint density at radius 3 is 2.37 bits per heavy atom. The summed E-state index contributed by atoms with van der Waals surface area (Å²) >= 11 is 6.38. The van der Waals surface area contributed by atoms with Gasteiger partial charge in [-0.2, -0.15) is 0 Å². The minimum absolute atomic E-state index is 0.0540. The van der Waals surface area contributed by atoms with Crippen molar-refractivity contribution in [1.29, 1.82) is 0 Å². The highest BCUT2D eigenvalue weighted by molar-refractivity contribution is 7.92. The van der Waals surface area contributed by atoms with Crippen molar-refractivity contribution in [3.63, 3.8) is 0 Å². The zero-order valence-electron chi connectivity index (χ0n) is 21.5. The van der Waals surface area contributed by atoms with Gasteiger partial charge in [0.15, 0.2) is 11.6 Å². The van der Waals surface area contributed by atoms with Gasteiger partial charge in [0.1, 0.15) is 5.75 Å². The van der Waals surface area contributed by atoms with Crippen molar-refractivity contribution >= 4 is 50.0 Å². The van der Waals surface area contributed by atoms with Crippen molar-refractivity contribution in [3.8, 4) is 5.75 Å². The quantitative estimate of drug-likeness (QED) is 0.219. The number of methoxy groups -OCH3 is 1. The number of hydrogen-bond acceptors (Lipinski definition) is 8. The van der Waals surface area contributed by atoms with Crippen LogP contribution in [0.1, 0.15) is 5.56 Å². The van der Waals surface area contributed by atoms with E-state index in [0.717, 1.165) is 25.2 Å². The predicted octanol–water partition coefficient (Wildman–Crippen LogP) is 4.53. The van der Waals surface area contributed by atoms with E-state index in [2.05, 4.69) is 30.2 Å². The summed E-state index contributed by atoms with van der Waals surface area (Å²) in [5.74, 6) is 0.850. The molecule has 0 aliphatic rings. The molecule has 0 unspecified atom stereocenters. The van der Waals surface area contributed by atoms with E-state index < -0.39 is 10.0 Å². The fourth-order valence-corrected chi connectivity index (χ4v) is 4.97. The van der Waals surface area contributed by atoms with Crippen molar-refractivity contribution < 1.29 is 13.2 Å². The summed E-state index contributed by atoms with van der Waals surface area (Å²) in [5, 5.41) is 6.91. The molecule has 3 N–H and O–H groups in total. The van der Waals surface area contributed by atoms with Gasteiger partial charge in [0.05, 0.1) is 33.7 Å². The second-order valence-electron chi connectivity index (χ2n) is 8.94. The van der Waals surface area contributed by atoms with Crippen LogP contribution in [0.2, 0.25) is 5.02 Å². The van der Waals surface area contributed by atoms with E-state index in [0.29, 0.717) is 33.9 Å². The van der Waals surface area contributed by atoms with Crippen LogP contribution < -0.4 is 20.1 Å². The maximum atomic E-state index is 13.4. The van der Waals surface area contributed by atoms with Gasteiger partial charge in [-0.3, -0.25) is 4.72 Å². The van der Waals surface area contributed by atoms with Crippen LogP contribution in [0.4, 0.5) is 17.3 Å². The molecule has 0 amide bonds. The van der Waals surface area contributed by atoms with Gasteiger partial charge in [-0.15, -0.1) is 0 Å². The summed E-state index contributed by atoms with van der Waals surface area (Å²) in [6, 6.07) is 19.2. The second kappa shape index (κ2) is 12.4. The van der Waals surface area contributed by atoms with Gasteiger partial charge in [-0.1, -0.05) is 35.9 Å². The molecule has 0 fully saturated rings. The van der Waals surface area contributed by atoms with Gasteiger partial charge < -0.3 is 20.3 Å². The fourth-order valence-electron chi connectivity index (χ4n) is 3.73. The first-order chi connectivity index (χ1) is 18.2. The van der Waals surface area contributed by atoms with Crippen LogP contribution in [0.3, 0.4) is 0 Å². The monoisotopic (exact) mass is 554 g/mol. The molecular weight excluding hydrogens is 524 g/mol. The molecule has 38 heavy (non-hydrogen) atoms. The highest BCUT2D eigenvalue weighted by Crippen LogP contribution is 2.32. The maximum Gasteiger partial charge on any atom is 0.263 e. The first-order valence-corrected chi connectivity index (χ1v) is 14.0. The van der Waals surface area contributed by atoms with Crippen molar-refractivity contribution in [2.24, 2.45) is 0 Å². The smallest absolute Gasteiger partial charge is 0.263 e. The molecule has 0 radical (unpaired) electrons. The molecule has 0 bridgehead atoms. The molecule has 4 rings (SSSR count). The number of para-hydroxylation sites is 2. The standard InChI is InChI=1S/C27H31ClN6O3S/c1-34(2)16-15-29-14-13-19-7-6-8-21(17-19)38(35,36)33-27-26(30-23-9-4-5-10-24(23)31-27)32-25-18-20(37-3)11-12-22(25)28/h4-12,17-18,29H,13-16H2,1-3H3,(H,30,32)(H,31,33). The SMILES string of the molecule is COc1ccc(Cl)c(Nc2nc3ccccc3nc2NS(=O)(=O)c2cccc(CCNCCN(C)C)c2)c1. The van der Waals surface area contributed by atoms with Crippen LogP contribution in [0.5, 0.6) is 5.75 Å². The largest absolute Gasteiger partial charge is 0.497 e. The number of hydrogen-bond donors (Lipinski definition) is 3. The lowest BCUT2D eigenvalue weighted by molar-refractivity contribution is 0.401. The molecule has 0 spiro atoms. The predicted molar refractivity (Wildman–Crippen MR) is 153 cm³/mol. The molecule has 0 atom stereocenters. The van der Waals surface area contributed by atoms with E-state index in [9.17, 15) is 8.42 Å². The van der Waals surface area contributed by atoms with E-state index in [1.165, 1.54) is 0 Å². The van der Waals surface area contributed by atoms with Gasteiger partial charge >= 0.3 is 0 Å².